The molecule has 2 aliphatic heterocycles. The van der Waals surface area contributed by atoms with Crippen LogP contribution in [0.4, 0.5) is 5.69 Å². The van der Waals surface area contributed by atoms with E-state index in [0.717, 1.165) is 17.5 Å². The van der Waals surface area contributed by atoms with Gasteiger partial charge in [0.25, 0.3) is 5.91 Å². The molecule has 1 N–H and O–H groups in total. The van der Waals surface area contributed by atoms with Crippen molar-refractivity contribution in [1.29, 1.82) is 0 Å². The van der Waals surface area contributed by atoms with E-state index < -0.39 is 5.92 Å². The Morgan fingerprint density at radius 1 is 1.00 bits per heavy atom. The molecule has 2 amide bonds. The van der Waals surface area contributed by atoms with Crippen molar-refractivity contribution in [3.63, 3.8) is 0 Å². The largest absolute Gasteiger partial charge is 0.497 e. The monoisotopic (exact) mass is 398 g/mol. The smallest absolute Gasteiger partial charge is 0.254 e. The molecule has 0 saturated carbocycles. The zero-order chi connectivity index (χ0) is 20.7. The first-order valence-electron chi connectivity index (χ1n) is 10.1. The summed E-state index contributed by atoms with van der Waals surface area (Å²) in [4.78, 5) is 28.7. The summed E-state index contributed by atoms with van der Waals surface area (Å²) in [7, 11) is 1.60. The minimum atomic E-state index is -0.494. The maximum absolute atomic E-state index is 13.6. The Kier molecular flexibility index (Phi) is 4.51. The second-order valence-electron chi connectivity index (χ2n) is 7.68. The van der Waals surface area contributed by atoms with Crippen LogP contribution in [0.1, 0.15) is 39.0 Å². The highest BCUT2D eigenvalue weighted by Crippen LogP contribution is 2.46. The first-order valence-corrected chi connectivity index (χ1v) is 10.1. The zero-order valence-electron chi connectivity index (χ0n) is 16.7. The highest BCUT2D eigenvalue weighted by Gasteiger charge is 2.46. The minimum absolute atomic E-state index is 0.00414. The number of hydrogen-bond donors (Lipinski definition) is 1. The Balaban J connectivity index is 1.61. The molecule has 30 heavy (non-hydrogen) atoms. The number of rotatable bonds is 3. The Morgan fingerprint density at radius 3 is 2.60 bits per heavy atom. The van der Waals surface area contributed by atoms with Crippen LogP contribution in [0.25, 0.3) is 0 Å². The van der Waals surface area contributed by atoms with Gasteiger partial charge in [-0.2, -0.15) is 0 Å². The van der Waals surface area contributed by atoms with Crippen LogP contribution in [0.15, 0.2) is 72.8 Å². The number of carbonyl (C=O) groups is 2. The highest BCUT2D eigenvalue weighted by atomic mass is 16.5. The van der Waals surface area contributed by atoms with E-state index >= 15 is 0 Å². The fourth-order valence-electron chi connectivity index (χ4n) is 4.68. The summed E-state index contributed by atoms with van der Waals surface area (Å²) in [5.41, 5.74) is 4.31. The lowest BCUT2D eigenvalue weighted by atomic mass is 9.76. The van der Waals surface area contributed by atoms with Crippen LogP contribution >= 0.6 is 0 Å². The van der Waals surface area contributed by atoms with Crippen LogP contribution in [-0.2, 0) is 11.2 Å². The third-order valence-corrected chi connectivity index (χ3v) is 6.05. The average Bonchev–Trinajstić information content (AvgIpc) is 2.79. The van der Waals surface area contributed by atoms with Gasteiger partial charge < -0.3 is 15.0 Å². The summed E-state index contributed by atoms with van der Waals surface area (Å²) >= 11 is 0. The van der Waals surface area contributed by atoms with E-state index in [2.05, 4.69) is 11.4 Å². The van der Waals surface area contributed by atoms with Crippen molar-refractivity contribution >= 4 is 17.5 Å². The van der Waals surface area contributed by atoms with Crippen molar-refractivity contribution in [2.24, 2.45) is 0 Å². The number of benzene rings is 3. The number of anilines is 1. The summed E-state index contributed by atoms with van der Waals surface area (Å²) in [6, 6.07) is 22.6. The molecule has 2 atom stereocenters. The predicted octanol–water partition coefficient (Wildman–Crippen LogP) is 4.17. The second-order valence-corrected chi connectivity index (χ2v) is 7.68. The molecule has 2 aliphatic rings. The molecule has 0 bridgehead atoms. The van der Waals surface area contributed by atoms with E-state index in [-0.39, 0.29) is 17.9 Å². The minimum Gasteiger partial charge on any atom is -0.497 e. The van der Waals surface area contributed by atoms with Gasteiger partial charge in [0.1, 0.15) is 5.75 Å². The maximum atomic E-state index is 13.6. The lowest BCUT2D eigenvalue weighted by Crippen LogP contribution is -2.49. The summed E-state index contributed by atoms with van der Waals surface area (Å²) in [6.45, 7) is 0.609. The molecule has 0 radical (unpaired) electrons. The number of nitrogens with one attached hydrogen (secondary N) is 1. The number of hydrogen-bond acceptors (Lipinski definition) is 3. The summed E-state index contributed by atoms with van der Waals surface area (Å²) < 4.78 is 5.28. The average molecular weight is 398 g/mol. The van der Waals surface area contributed by atoms with Crippen molar-refractivity contribution in [3.05, 3.63) is 95.1 Å². The molecule has 3 aromatic rings. The van der Waals surface area contributed by atoms with Crippen LogP contribution in [0.3, 0.4) is 0 Å². The lowest BCUT2D eigenvalue weighted by Gasteiger charge is -2.45. The van der Waals surface area contributed by atoms with Crippen molar-refractivity contribution in [2.45, 2.75) is 18.4 Å². The third kappa shape index (κ3) is 2.94. The molecule has 0 aliphatic carbocycles. The van der Waals surface area contributed by atoms with E-state index in [4.69, 9.17) is 4.74 Å². The number of amides is 2. The lowest BCUT2D eigenvalue weighted by molar-refractivity contribution is -0.119. The van der Waals surface area contributed by atoms with Crippen molar-refractivity contribution < 1.29 is 14.3 Å². The number of methoxy groups -OCH3 is 1. The maximum Gasteiger partial charge on any atom is 0.254 e. The Hall–Kier alpha value is -3.60. The van der Waals surface area contributed by atoms with Crippen LogP contribution < -0.4 is 10.1 Å². The molecule has 5 heteroatoms. The molecule has 3 aromatic carbocycles. The van der Waals surface area contributed by atoms with Crippen LogP contribution in [0.5, 0.6) is 5.75 Å². The fourth-order valence-corrected chi connectivity index (χ4v) is 4.68. The summed E-state index contributed by atoms with van der Waals surface area (Å²) in [6.07, 6.45) is 0.796. The molecule has 0 fully saturated rings. The van der Waals surface area contributed by atoms with E-state index in [0.29, 0.717) is 23.5 Å². The van der Waals surface area contributed by atoms with Gasteiger partial charge >= 0.3 is 0 Å². The van der Waals surface area contributed by atoms with Crippen molar-refractivity contribution in [3.8, 4) is 5.75 Å². The molecule has 5 rings (SSSR count). The summed E-state index contributed by atoms with van der Waals surface area (Å²) in [5.74, 6) is 0.0497. The quantitative estimate of drug-likeness (QED) is 0.720. The number of nitrogens with zero attached hydrogens (tertiary/aromatic N) is 1. The van der Waals surface area contributed by atoms with Gasteiger partial charge in [0.15, 0.2) is 0 Å². The second kappa shape index (κ2) is 7.34. The molecule has 2 unspecified atom stereocenters. The molecule has 2 heterocycles. The van der Waals surface area contributed by atoms with Crippen LogP contribution in [0.2, 0.25) is 0 Å². The zero-order valence-corrected chi connectivity index (χ0v) is 16.7. The van der Waals surface area contributed by atoms with Gasteiger partial charge in [0, 0.05) is 23.9 Å². The van der Waals surface area contributed by atoms with Gasteiger partial charge in [-0.15, -0.1) is 0 Å². The van der Waals surface area contributed by atoms with Crippen molar-refractivity contribution in [2.75, 3.05) is 19.0 Å². The van der Waals surface area contributed by atoms with E-state index in [1.54, 1.807) is 13.2 Å². The molecule has 0 aromatic heterocycles. The van der Waals surface area contributed by atoms with Gasteiger partial charge in [-0.1, -0.05) is 48.5 Å². The van der Waals surface area contributed by atoms with Gasteiger partial charge in [0.2, 0.25) is 5.91 Å². The molecule has 0 spiro atoms. The Bertz CT molecular complexity index is 1140. The normalized spacial score (nSPS) is 19.4. The fraction of sp³-hybridized carbons (Fsp3) is 0.200. The van der Waals surface area contributed by atoms with Crippen LogP contribution in [-0.4, -0.2) is 30.4 Å². The molecule has 5 nitrogen and oxygen atoms in total. The number of carbonyl (C=O) groups excluding carboxylic acids is 2. The molecule has 0 saturated heterocycles. The first-order chi connectivity index (χ1) is 14.7. The summed E-state index contributed by atoms with van der Waals surface area (Å²) in [5, 5.41) is 3.05. The topological polar surface area (TPSA) is 58.6 Å². The van der Waals surface area contributed by atoms with Gasteiger partial charge in [-0.25, -0.2) is 0 Å². The highest BCUT2D eigenvalue weighted by molar-refractivity contribution is 6.04. The predicted molar refractivity (Wildman–Crippen MR) is 115 cm³/mol. The third-order valence-electron chi connectivity index (χ3n) is 6.05. The molecule has 150 valence electrons. The molecular formula is C25H22N2O3. The van der Waals surface area contributed by atoms with Gasteiger partial charge in [-0.05, 0) is 41.3 Å². The SMILES string of the molecule is COc1cccc(NC(=O)C2c3ccccc3C(=O)N3CCc4ccccc4C23)c1. The van der Waals surface area contributed by atoms with Gasteiger partial charge in [-0.3, -0.25) is 9.59 Å². The number of fused-ring (bicyclic) bond motifs is 4. The van der Waals surface area contributed by atoms with E-state index in [1.165, 1.54) is 5.56 Å². The van der Waals surface area contributed by atoms with Gasteiger partial charge in [0.05, 0.1) is 19.1 Å². The van der Waals surface area contributed by atoms with Crippen molar-refractivity contribution in [1.82, 2.24) is 4.90 Å². The standard InChI is InChI=1S/C25H22N2O3/c1-30-18-9-6-8-17(15-18)26-24(28)22-20-11-4-5-12-21(20)25(29)27-14-13-16-7-2-3-10-19(16)23(22)27/h2-12,15,22-23H,13-14H2,1H3,(H,26,28). The van der Waals surface area contributed by atoms with Crippen LogP contribution in [0, 0.1) is 0 Å². The Labute approximate surface area is 175 Å². The van der Waals surface area contributed by atoms with E-state index in [9.17, 15) is 9.59 Å². The number of ether oxygens (including phenoxy) is 1. The Morgan fingerprint density at radius 2 is 1.77 bits per heavy atom. The molecular weight excluding hydrogens is 376 g/mol. The van der Waals surface area contributed by atoms with E-state index in [1.807, 2.05) is 65.6 Å². The first kappa shape index (κ1) is 18.4.